The van der Waals surface area contributed by atoms with Crippen molar-refractivity contribution in [3.05, 3.63) is 35.7 Å². The van der Waals surface area contributed by atoms with E-state index in [1.54, 1.807) is 24.3 Å². The number of carbonyl (C=O) groups is 2. The normalized spacial score (nSPS) is 14.9. The molecular formula is C17H21N5O3. The van der Waals surface area contributed by atoms with Crippen LogP contribution in [0.25, 0.3) is 0 Å². The van der Waals surface area contributed by atoms with E-state index in [1.807, 2.05) is 4.68 Å². The van der Waals surface area contributed by atoms with Crippen molar-refractivity contribution in [1.82, 2.24) is 25.5 Å². The Morgan fingerprint density at radius 2 is 2.00 bits per heavy atom. The molecule has 2 aromatic rings. The second kappa shape index (κ2) is 7.87. The van der Waals surface area contributed by atoms with Gasteiger partial charge >= 0.3 is 5.97 Å². The molecule has 0 atom stereocenters. The minimum atomic E-state index is -0.471. The van der Waals surface area contributed by atoms with Crippen molar-refractivity contribution < 1.29 is 14.3 Å². The largest absolute Gasteiger partial charge is 0.426 e. The summed E-state index contributed by atoms with van der Waals surface area (Å²) >= 11 is 0. The van der Waals surface area contributed by atoms with E-state index < -0.39 is 5.97 Å². The number of tetrazole rings is 1. The van der Waals surface area contributed by atoms with Crippen molar-refractivity contribution >= 4 is 11.9 Å². The summed E-state index contributed by atoms with van der Waals surface area (Å²) in [6.45, 7) is 1.52. The maximum Gasteiger partial charge on any atom is 0.308 e. The average molecular weight is 343 g/mol. The quantitative estimate of drug-likeness (QED) is 0.659. The lowest BCUT2D eigenvalue weighted by atomic mass is 9.95. The van der Waals surface area contributed by atoms with E-state index in [4.69, 9.17) is 4.74 Å². The van der Waals surface area contributed by atoms with Gasteiger partial charge in [0.1, 0.15) is 5.75 Å². The summed E-state index contributed by atoms with van der Waals surface area (Å²) in [7, 11) is 0. The van der Waals surface area contributed by atoms with Gasteiger partial charge in [-0.15, -0.1) is 5.10 Å². The molecule has 0 unspecified atom stereocenters. The summed E-state index contributed by atoms with van der Waals surface area (Å²) in [6, 6.07) is 6.91. The standard InChI is InChI=1S/C17H21N5O3/c1-12(23)25-15-10-6-5-9-14(15)17(24)18-11-16-19-20-21-22(16)13-7-3-2-4-8-13/h5-6,9-10,13H,2-4,7-8,11H2,1H3,(H,18,24). The van der Waals surface area contributed by atoms with Crippen LogP contribution in [0.2, 0.25) is 0 Å². The smallest absolute Gasteiger partial charge is 0.308 e. The number of nitrogens with one attached hydrogen (secondary N) is 1. The molecule has 0 aliphatic heterocycles. The highest BCUT2D eigenvalue weighted by Gasteiger charge is 2.21. The zero-order valence-electron chi connectivity index (χ0n) is 14.1. The van der Waals surface area contributed by atoms with Crippen LogP contribution in [0.5, 0.6) is 5.75 Å². The number of amides is 1. The molecule has 25 heavy (non-hydrogen) atoms. The summed E-state index contributed by atoms with van der Waals surface area (Å²) in [5.74, 6) is 0.0566. The van der Waals surface area contributed by atoms with Gasteiger partial charge in [0.15, 0.2) is 5.82 Å². The molecule has 1 aliphatic rings. The van der Waals surface area contributed by atoms with Gasteiger partial charge in [0, 0.05) is 6.92 Å². The topological polar surface area (TPSA) is 99.0 Å². The van der Waals surface area contributed by atoms with E-state index in [0.717, 1.165) is 12.8 Å². The zero-order valence-corrected chi connectivity index (χ0v) is 14.1. The third kappa shape index (κ3) is 4.20. The van der Waals surface area contributed by atoms with Gasteiger partial charge in [0.2, 0.25) is 0 Å². The monoisotopic (exact) mass is 343 g/mol. The van der Waals surface area contributed by atoms with Gasteiger partial charge in [-0.25, -0.2) is 4.68 Å². The summed E-state index contributed by atoms with van der Waals surface area (Å²) in [5.41, 5.74) is 0.300. The first kappa shape index (κ1) is 17.1. The molecule has 1 aromatic carbocycles. The van der Waals surface area contributed by atoms with Crippen LogP contribution in [-0.2, 0) is 11.3 Å². The number of hydrogen-bond acceptors (Lipinski definition) is 6. The van der Waals surface area contributed by atoms with Crippen LogP contribution in [0.15, 0.2) is 24.3 Å². The fourth-order valence-electron chi connectivity index (χ4n) is 3.09. The van der Waals surface area contributed by atoms with E-state index in [2.05, 4.69) is 20.8 Å². The maximum atomic E-state index is 12.4. The predicted molar refractivity (Wildman–Crippen MR) is 88.9 cm³/mol. The first-order chi connectivity index (χ1) is 12.1. The highest BCUT2D eigenvalue weighted by molar-refractivity contribution is 5.97. The van der Waals surface area contributed by atoms with E-state index in [9.17, 15) is 9.59 Å². The number of benzene rings is 1. The SMILES string of the molecule is CC(=O)Oc1ccccc1C(=O)NCc1nnnn1C1CCCCC1. The van der Waals surface area contributed by atoms with Gasteiger partial charge in [-0.2, -0.15) is 0 Å². The Labute approximate surface area is 145 Å². The molecular weight excluding hydrogens is 322 g/mol. The Bertz CT molecular complexity index is 752. The average Bonchev–Trinajstić information content (AvgIpc) is 3.09. The predicted octanol–water partition coefficient (Wildman–Crippen LogP) is 2.03. The fraction of sp³-hybridized carbons (Fsp3) is 0.471. The van der Waals surface area contributed by atoms with Gasteiger partial charge < -0.3 is 10.1 Å². The number of carbonyl (C=O) groups excluding carboxylic acids is 2. The molecule has 1 N–H and O–H groups in total. The van der Waals surface area contributed by atoms with Crippen molar-refractivity contribution in [3.8, 4) is 5.75 Å². The maximum absolute atomic E-state index is 12.4. The molecule has 132 valence electrons. The summed E-state index contributed by atoms with van der Waals surface area (Å²) in [6.07, 6.45) is 5.71. The zero-order chi connectivity index (χ0) is 17.6. The molecule has 8 nitrogen and oxygen atoms in total. The van der Waals surface area contributed by atoms with Crippen LogP contribution in [0.3, 0.4) is 0 Å². The van der Waals surface area contributed by atoms with Crippen LogP contribution >= 0.6 is 0 Å². The molecule has 0 saturated heterocycles. The molecule has 0 spiro atoms. The molecule has 1 aromatic heterocycles. The number of aromatic nitrogens is 4. The van der Waals surface area contributed by atoms with Crippen LogP contribution < -0.4 is 10.1 Å². The third-order valence-corrected chi connectivity index (χ3v) is 4.27. The number of nitrogens with zero attached hydrogens (tertiary/aromatic N) is 4. The van der Waals surface area contributed by atoms with Gasteiger partial charge in [-0.05, 0) is 35.4 Å². The highest BCUT2D eigenvalue weighted by atomic mass is 16.5. The van der Waals surface area contributed by atoms with Crippen LogP contribution in [-0.4, -0.2) is 32.1 Å². The number of esters is 1. The molecule has 0 bridgehead atoms. The second-order valence-electron chi connectivity index (χ2n) is 6.10. The molecule has 1 amide bonds. The van der Waals surface area contributed by atoms with Crippen molar-refractivity contribution in [1.29, 1.82) is 0 Å². The lowest BCUT2D eigenvalue weighted by molar-refractivity contribution is -0.131. The van der Waals surface area contributed by atoms with Crippen LogP contribution in [0.4, 0.5) is 0 Å². The van der Waals surface area contributed by atoms with E-state index in [1.165, 1.54) is 26.2 Å². The van der Waals surface area contributed by atoms with Crippen LogP contribution in [0.1, 0.15) is 61.3 Å². The van der Waals surface area contributed by atoms with Crippen molar-refractivity contribution in [3.63, 3.8) is 0 Å². The minimum Gasteiger partial charge on any atom is -0.426 e. The first-order valence-corrected chi connectivity index (χ1v) is 8.47. The number of para-hydroxylation sites is 1. The molecule has 1 fully saturated rings. The van der Waals surface area contributed by atoms with E-state index >= 15 is 0 Å². The summed E-state index contributed by atoms with van der Waals surface area (Å²) in [4.78, 5) is 23.6. The number of rotatable bonds is 5. The second-order valence-corrected chi connectivity index (χ2v) is 6.10. The van der Waals surface area contributed by atoms with Gasteiger partial charge in [0.25, 0.3) is 5.91 Å². The molecule has 8 heteroatoms. The van der Waals surface area contributed by atoms with Crippen molar-refractivity contribution in [2.45, 2.75) is 51.6 Å². The molecule has 1 heterocycles. The molecule has 1 saturated carbocycles. The van der Waals surface area contributed by atoms with Gasteiger partial charge in [-0.3, -0.25) is 9.59 Å². The Morgan fingerprint density at radius 3 is 2.76 bits per heavy atom. The van der Waals surface area contributed by atoms with Crippen molar-refractivity contribution in [2.75, 3.05) is 0 Å². The fourth-order valence-corrected chi connectivity index (χ4v) is 3.09. The Kier molecular flexibility index (Phi) is 5.37. The third-order valence-electron chi connectivity index (χ3n) is 4.27. The Morgan fingerprint density at radius 1 is 1.24 bits per heavy atom. The summed E-state index contributed by atoms with van der Waals surface area (Å²) in [5, 5.41) is 14.7. The lowest BCUT2D eigenvalue weighted by Gasteiger charge is -2.22. The highest BCUT2D eigenvalue weighted by Crippen LogP contribution is 2.27. The minimum absolute atomic E-state index is 0.219. The van der Waals surface area contributed by atoms with Crippen LogP contribution in [0, 0.1) is 0 Å². The Balaban J connectivity index is 1.67. The molecule has 3 rings (SSSR count). The van der Waals surface area contributed by atoms with Gasteiger partial charge in [0.05, 0.1) is 18.2 Å². The van der Waals surface area contributed by atoms with E-state index in [0.29, 0.717) is 17.4 Å². The Hall–Kier alpha value is -2.77. The summed E-state index contributed by atoms with van der Waals surface area (Å²) < 4.78 is 6.89. The molecule has 1 aliphatic carbocycles. The van der Waals surface area contributed by atoms with E-state index in [-0.39, 0.29) is 18.2 Å². The van der Waals surface area contributed by atoms with Gasteiger partial charge in [-0.1, -0.05) is 31.4 Å². The number of ether oxygens (including phenoxy) is 1. The molecule has 0 radical (unpaired) electrons. The lowest BCUT2D eigenvalue weighted by Crippen LogP contribution is -2.27. The first-order valence-electron chi connectivity index (χ1n) is 8.47. The number of hydrogen-bond donors (Lipinski definition) is 1. The van der Waals surface area contributed by atoms with Crippen molar-refractivity contribution in [2.24, 2.45) is 0 Å².